The first-order valence-corrected chi connectivity index (χ1v) is 12.9. The van der Waals surface area contributed by atoms with Crippen LogP contribution in [0.15, 0.2) is 97.3 Å². The van der Waals surface area contributed by atoms with Crippen LogP contribution in [0.2, 0.25) is 0 Å². The molecule has 2 unspecified atom stereocenters. The third kappa shape index (κ3) is 10.6. The molecule has 0 saturated heterocycles. The number of anilines is 1. The summed E-state index contributed by atoms with van der Waals surface area (Å²) >= 11 is 0. The smallest absolute Gasteiger partial charge is 0.504 e. The minimum absolute atomic E-state index is 0. The van der Waals surface area contributed by atoms with E-state index in [-0.39, 0.29) is 37.9 Å². The molecule has 39 heavy (non-hydrogen) atoms. The number of hydrogen-bond acceptors (Lipinski definition) is 5. The van der Waals surface area contributed by atoms with Gasteiger partial charge in [0.25, 0.3) is 0 Å². The van der Waals surface area contributed by atoms with Gasteiger partial charge in [0, 0.05) is 5.54 Å². The Labute approximate surface area is 247 Å². The minimum atomic E-state index is -0.375. The second-order valence-corrected chi connectivity index (χ2v) is 10.2. The number of aliphatic hydroxyl groups excluding tert-OH is 2. The van der Waals surface area contributed by atoms with E-state index in [4.69, 9.17) is 10.2 Å². The maximum atomic E-state index is 8.56. The number of benzene rings is 3. The first-order valence-electron chi connectivity index (χ1n) is 12.9. The number of hydrogen-bond donors (Lipinski definition) is 2. The van der Waals surface area contributed by atoms with Gasteiger partial charge < -0.3 is 20.0 Å². The van der Waals surface area contributed by atoms with Crippen LogP contribution in [0.4, 0.5) is 5.69 Å². The number of aromatic nitrogens is 1. The summed E-state index contributed by atoms with van der Waals surface area (Å²) in [6, 6.07) is 34.5. The Hall–Kier alpha value is -3.02. The fraction of sp³-hybridized carbons (Fsp3) is 0.273. The summed E-state index contributed by atoms with van der Waals surface area (Å²) in [6.07, 6.45) is 3.86. The summed E-state index contributed by atoms with van der Waals surface area (Å²) in [6.45, 7) is 12.0. The van der Waals surface area contributed by atoms with Crippen molar-refractivity contribution in [2.75, 3.05) is 4.90 Å². The molecule has 0 bridgehead atoms. The Kier molecular flexibility index (Phi) is 12.8. The van der Waals surface area contributed by atoms with Crippen LogP contribution in [-0.4, -0.2) is 37.8 Å². The van der Waals surface area contributed by atoms with Gasteiger partial charge in [-0.15, -0.1) is 41.6 Å². The molecule has 5 nitrogen and oxygen atoms in total. The first-order chi connectivity index (χ1) is 18.1. The van der Waals surface area contributed by atoms with Crippen molar-refractivity contribution in [3.05, 3.63) is 116 Å². The van der Waals surface area contributed by atoms with Crippen LogP contribution in [0.3, 0.4) is 0 Å². The second kappa shape index (κ2) is 15.5. The first kappa shape index (κ1) is 32.2. The molecule has 0 spiro atoms. The molecule has 1 aliphatic rings. The molecular weight excluding hydrogens is 663 g/mol. The standard InChI is InChI=1S/C15H10N.C13H16N2.C5H12O2.Ir/c1-2-6-12(7-3-1)15-11-10-13-8-4-5-9-14(13)16-15;1-13(2,3)15-10-9-14(11-15)12-7-5-4-6-8-12;1-4(6)3-5(2)7;/h1-6,8-11H;4-7,9-11H,1-3H3;4-7H,3H2,1-2H3;/q-1;-2;;+3. The van der Waals surface area contributed by atoms with E-state index in [1.165, 1.54) is 5.39 Å². The van der Waals surface area contributed by atoms with E-state index >= 15 is 0 Å². The molecule has 0 fully saturated rings. The summed E-state index contributed by atoms with van der Waals surface area (Å²) in [7, 11) is 0. The fourth-order valence-electron chi connectivity index (χ4n) is 3.70. The van der Waals surface area contributed by atoms with Gasteiger partial charge in [-0.2, -0.15) is 37.0 Å². The largest absolute Gasteiger partial charge is 3.00 e. The van der Waals surface area contributed by atoms with E-state index in [0.717, 1.165) is 22.5 Å². The van der Waals surface area contributed by atoms with Crippen molar-refractivity contribution in [2.24, 2.45) is 0 Å². The quantitative estimate of drug-likeness (QED) is 0.229. The number of aliphatic hydroxyl groups is 2. The molecule has 0 amide bonds. The summed E-state index contributed by atoms with van der Waals surface area (Å²) in [5, 5.41) is 18.3. The molecule has 3 aromatic carbocycles. The molecule has 0 saturated carbocycles. The van der Waals surface area contributed by atoms with E-state index in [0.29, 0.717) is 6.42 Å². The average molecular weight is 701 g/mol. The monoisotopic (exact) mass is 701 g/mol. The molecule has 0 aliphatic carbocycles. The summed E-state index contributed by atoms with van der Waals surface area (Å²) in [5.41, 5.74) is 4.23. The number of rotatable bonds is 4. The Balaban J connectivity index is 0.000000218. The minimum Gasteiger partial charge on any atom is -0.504 e. The number of pyridine rings is 1. The number of para-hydroxylation sites is 2. The molecule has 6 heteroatoms. The predicted molar refractivity (Wildman–Crippen MR) is 157 cm³/mol. The molecule has 1 aromatic heterocycles. The van der Waals surface area contributed by atoms with Crippen molar-refractivity contribution in [2.45, 2.75) is 58.8 Å². The van der Waals surface area contributed by atoms with Crippen molar-refractivity contribution in [3.8, 4) is 11.3 Å². The maximum absolute atomic E-state index is 8.56. The molecule has 5 rings (SSSR count). The molecule has 4 aromatic rings. The second-order valence-electron chi connectivity index (χ2n) is 10.2. The van der Waals surface area contributed by atoms with Crippen LogP contribution in [0.1, 0.15) is 41.0 Å². The summed E-state index contributed by atoms with van der Waals surface area (Å²) in [5.74, 6) is 0. The predicted octanol–water partition coefficient (Wildman–Crippen LogP) is 6.84. The zero-order valence-electron chi connectivity index (χ0n) is 23.2. The summed E-state index contributed by atoms with van der Waals surface area (Å²) < 4.78 is 0. The average Bonchev–Trinajstić information content (AvgIpc) is 3.41. The van der Waals surface area contributed by atoms with Crippen molar-refractivity contribution >= 4 is 16.6 Å². The van der Waals surface area contributed by atoms with Gasteiger partial charge in [0.15, 0.2) is 0 Å². The normalized spacial score (nSPS) is 13.9. The van der Waals surface area contributed by atoms with Gasteiger partial charge in [-0.05, 0) is 70.6 Å². The van der Waals surface area contributed by atoms with Crippen LogP contribution < -0.4 is 4.90 Å². The molecule has 206 valence electrons. The van der Waals surface area contributed by atoms with E-state index in [9.17, 15) is 0 Å². The molecular formula is C33H38IrN3O2. The Morgan fingerprint density at radius 3 is 2.00 bits per heavy atom. The van der Waals surface area contributed by atoms with Crippen molar-refractivity contribution in [1.82, 2.24) is 9.88 Å². The summed E-state index contributed by atoms with van der Waals surface area (Å²) in [4.78, 5) is 8.88. The fourth-order valence-corrected chi connectivity index (χ4v) is 3.70. The van der Waals surface area contributed by atoms with Crippen molar-refractivity contribution in [1.29, 1.82) is 0 Å². The Morgan fingerprint density at radius 1 is 0.821 bits per heavy atom. The van der Waals surface area contributed by atoms with E-state index in [1.54, 1.807) is 13.8 Å². The van der Waals surface area contributed by atoms with Crippen LogP contribution >= 0.6 is 0 Å². The van der Waals surface area contributed by atoms with Gasteiger partial charge in [-0.1, -0.05) is 30.3 Å². The molecule has 0 radical (unpaired) electrons. The maximum Gasteiger partial charge on any atom is 3.00 e. The van der Waals surface area contributed by atoms with E-state index in [2.05, 4.69) is 78.9 Å². The third-order valence-corrected chi connectivity index (χ3v) is 5.65. The molecule has 2 atom stereocenters. The van der Waals surface area contributed by atoms with Gasteiger partial charge in [-0.25, -0.2) is 0 Å². The van der Waals surface area contributed by atoms with E-state index < -0.39 is 0 Å². The zero-order valence-corrected chi connectivity index (χ0v) is 25.6. The molecule has 2 N–H and O–H groups in total. The van der Waals surface area contributed by atoms with Crippen molar-refractivity contribution in [3.63, 3.8) is 0 Å². The van der Waals surface area contributed by atoms with Crippen LogP contribution in [0.5, 0.6) is 0 Å². The zero-order chi connectivity index (χ0) is 27.5. The Bertz CT molecular complexity index is 1270. The topological polar surface area (TPSA) is 59.8 Å². The van der Waals surface area contributed by atoms with Gasteiger partial charge in [0.1, 0.15) is 0 Å². The Morgan fingerprint density at radius 2 is 1.46 bits per heavy atom. The van der Waals surface area contributed by atoms with Gasteiger partial charge in [0.2, 0.25) is 0 Å². The van der Waals surface area contributed by atoms with Crippen LogP contribution in [0.25, 0.3) is 22.2 Å². The molecule has 2 heterocycles. The van der Waals surface area contributed by atoms with Gasteiger partial charge in [0.05, 0.1) is 17.7 Å². The van der Waals surface area contributed by atoms with E-state index in [1.807, 2.05) is 72.8 Å². The van der Waals surface area contributed by atoms with Crippen LogP contribution in [0, 0.1) is 18.8 Å². The van der Waals surface area contributed by atoms with Crippen LogP contribution in [-0.2, 0) is 20.1 Å². The molecule has 1 aliphatic heterocycles. The van der Waals surface area contributed by atoms with Gasteiger partial charge >= 0.3 is 20.1 Å². The number of nitrogens with zero attached hydrogens (tertiary/aromatic N) is 3. The number of fused-ring (bicyclic) bond motifs is 1. The van der Waals surface area contributed by atoms with Gasteiger partial charge in [-0.3, -0.25) is 4.98 Å². The third-order valence-electron chi connectivity index (χ3n) is 5.65. The van der Waals surface area contributed by atoms with Crippen molar-refractivity contribution < 1.29 is 30.3 Å². The SMILES string of the molecule is CC(C)(C)N1C=CN(c2[c-]cccc2)[CH-]1.CC(O)CC(C)O.[Ir+3].[c-]1ccccc1-c1ccc2ccccc2n1.